The summed E-state index contributed by atoms with van der Waals surface area (Å²) in [5.74, 6) is -3.22. The molecule has 0 heterocycles. The maximum absolute atomic E-state index is 12.6. The van der Waals surface area contributed by atoms with Crippen LogP contribution in [-0.4, -0.2) is 69.9 Å². The van der Waals surface area contributed by atoms with Gasteiger partial charge in [0.15, 0.2) is 30.7 Å². The molecule has 17 heteroatoms. The lowest BCUT2D eigenvalue weighted by molar-refractivity contribution is -0.312. The third-order valence-electron chi connectivity index (χ3n) is 3.55. The summed E-state index contributed by atoms with van der Waals surface area (Å²) < 4.78 is 104. The molecule has 0 aromatic heterocycles. The summed E-state index contributed by atoms with van der Waals surface area (Å²) in [6, 6.07) is 0. The summed E-state index contributed by atoms with van der Waals surface area (Å²) in [6.45, 7) is 18.8. The third-order valence-corrected chi connectivity index (χ3v) is 15.6. The van der Waals surface area contributed by atoms with E-state index < -0.39 is 69.9 Å². The second kappa shape index (κ2) is 12.2. The first kappa shape index (κ1) is 35.0. The Hall–Kier alpha value is -0.992. The van der Waals surface area contributed by atoms with Crippen molar-refractivity contribution in [1.29, 1.82) is 0 Å². The quantitative estimate of drug-likeness (QED) is 0.119. The topological polar surface area (TPSA) is 80.3 Å². The van der Waals surface area contributed by atoms with Gasteiger partial charge in [0.05, 0.1) is 0 Å². The van der Waals surface area contributed by atoms with Gasteiger partial charge < -0.3 is 21.8 Å². The molecule has 7 nitrogen and oxygen atoms in total. The Kier molecular flexibility index (Phi) is 11.9. The minimum absolute atomic E-state index is 0.140. The van der Waals surface area contributed by atoms with Gasteiger partial charge in [-0.25, -0.2) is 9.59 Å². The normalized spacial score (nSPS) is 15.4. The highest BCUT2D eigenvalue weighted by atomic mass is 28.5. The summed E-state index contributed by atoms with van der Waals surface area (Å²) >= 11 is 0. The summed E-state index contributed by atoms with van der Waals surface area (Å²) in [7, 11) is -10.8. The summed E-state index contributed by atoms with van der Waals surface area (Å²) in [6.07, 6.45) is -15.4. The van der Waals surface area contributed by atoms with Crippen LogP contribution in [0.1, 0.15) is 13.3 Å². The van der Waals surface area contributed by atoms with Gasteiger partial charge in [0.2, 0.25) is 0 Å². The van der Waals surface area contributed by atoms with Crippen LogP contribution >= 0.6 is 0 Å². The van der Waals surface area contributed by atoms with Gasteiger partial charge in [-0.3, -0.25) is 0 Å². The van der Waals surface area contributed by atoms with E-state index in [9.17, 15) is 35.9 Å². The van der Waals surface area contributed by atoms with Crippen LogP contribution in [-0.2, 0) is 31.4 Å². The molecule has 0 fully saturated rings. The second-order valence-corrected chi connectivity index (χ2v) is 27.8. The molecule has 0 aromatic rings. The lowest BCUT2D eigenvalue weighted by atomic mass is 10.3. The van der Waals surface area contributed by atoms with Crippen molar-refractivity contribution in [3.8, 4) is 0 Å². The number of esters is 2. The number of rotatable bonds is 12. The molecule has 1 unspecified atom stereocenters. The Morgan fingerprint density at radius 3 is 1.22 bits per heavy atom. The molecule has 0 aliphatic carbocycles. The van der Waals surface area contributed by atoms with Crippen LogP contribution in [0.4, 0.5) is 26.3 Å². The molecule has 0 N–H and O–H groups in total. The van der Waals surface area contributed by atoms with E-state index >= 15 is 0 Å². The molecule has 36 heavy (non-hydrogen) atoms. The summed E-state index contributed by atoms with van der Waals surface area (Å²) in [5.41, 5.74) is -1.03. The van der Waals surface area contributed by atoms with E-state index in [0.717, 1.165) is 0 Å². The van der Waals surface area contributed by atoms with E-state index in [2.05, 4.69) is 4.74 Å². The van der Waals surface area contributed by atoms with Gasteiger partial charge in [-0.15, -0.1) is 0 Å². The van der Waals surface area contributed by atoms with Crippen LogP contribution in [0.25, 0.3) is 0 Å². The molecular formula is C19H36F6O7Si4. The highest BCUT2D eigenvalue weighted by molar-refractivity contribution is 6.90. The van der Waals surface area contributed by atoms with Crippen molar-refractivity contribution in [2.75, 3.05) is 0 Å². The van der Waals surface area contributed by atoms with Gasteiger partial charge in [0, 0.05) is 12.2 Å². The first-order valence-corrected chi connectivity index (χ1v) is 23.1. The van der Waals surface area contributed by atoms with Gasteiger partial charge in [-0.2, -0.15) is 26.3 Å². The van der Waals surface area contributed by atoms with Crippen molar-refractivity contribution in [3.63, 3.8) is 0 Å². The molecule has 0 aliphatic rings. The number of carbonyl (C=O) groups excluding carboxylic acids is 2. The van der Waals surface area contributed by atoms with Crippen molar-refractivity contribution >= 4 is 45.7 Å². The molecule has 0 radical (unpaired) electrons. The van der Waals surface area contributed by atoms with Crippen molar-refractivity contribution in [2.24, 2.45) is 0 Å². The average molecular weight is 603 g/mol. The van der Waals surface area contributed by atoms with Gasteiger partial charge in [0.25, 0.3) is 6.10 Å². The molecule has 0 rings (SSSR count). The SMILES string of the molecule is CCC(OC(=O)/C=C/C(=O)OC(C(F)(F)F)C(F)(F)F)[Si](O[Si](C)(C)C)(O[Si](C)(C)C)O[Si](C)(C)C. The predicted molar refractivity (Wildman–Crippen MR) is 130 cm³/mol. The van der Waals surface area contributed by atoms with E-state index in [1.807, 2.05) is 58.9 Å². The van der Waals surface area contributed by atoms with Crippen LogP contribution in [0.5, 0.6) is 0 Å². The molecule has 212 valence electrons. The third kappa shape index (κ3) is 13.5. The Morgan fingerprint density at radius 2 is 0.972 bits per heavy atom. The minimum Gasteiger partial charge on any atom is -0.455 e. The molecule has 0 amide bonds. The number of hydrogen-bond donors (Lipinski definition) is 0. The van der Waals surface area contributed by atoms with Crippen molar-refractivity contribution in [3.05, 3.63) is 12.2 Å². The standard InChI is InChI=1S/C19H36F6O7Si4/c1-11-16(36(30-33(2,3)4,31-34(5,6)7)32-35(8,9)10)28-14(26)12-13-15(27)29-17(18(20,21)22)19(23,24)25/h12-13,16-17H,11H2,1-10H3/b13-12+. The monoisotopic (exact) mass is 602 g/mol. The number of ether oxygens (including phenoxy) is 2. The van der Waals surface area contributed by atoms with E-state index in [-0.39, 0.29) is 12.5 Å². The van der Waals surface area contributed by atoms with Crippen molar-refractivity contribution < 1.29 is 57.8 Å². The largest absolute Gasteiger partial charge is 0.512 e. The lowest BCUT2D eigenvalue weighted by Gasteiger charge is -2.45. The Balaban J connectivity index is 6.01. The van der Waals surface area contributed by atoms with Gasteiger partial charge >= 0.3 is 33.1 Å². The number of hydrogen-bond acceptors (Lipinski definition) is 7. The molecule has 0 aliphatic heterocycles. The zero-order valence-corrected chi connectivity index (χ0v) is 26.1. The van der Waals surface area contributed by atoms with Crippen LogP contribution in [0.2, 0.25) is 58.9 Å². The second-order valence-electron chi connectivity index (χ2n) is 10.8. The Labute approximate surface area is 212 Å². The van der Waals surface area contributed by atoms with Crippen LogP contribution in [0.15, 0.2) is 12.2 Å². The molecule has 0 aromatic carbocycles. The van der Waals surface area contributed by atoms with E-state index in [1.54, 1.807) is 6.92 Å². The van der Waals surface area contributed by atoms with Crippen LogP contribution < -0.4 is 0 Å². The number of halogens is 6. The highest BCUT2D eigenvalue weighted by Crippen LogP contribution is 2.36. The van der Waals surface area contributed by atoms with Crippen LogP contribution in [0, 0.1) is 0 Å². The maximum Gasteiger partial charge on any atom is 0.512 e. The zero-order chi connectivity index (χ0) is 29.0. The minimum atomic E-state index is -5.88. The Morgan fingerprint density at radius 1 is 0.667 bits per heavy atom. The molecule has 0 spiro atoms. The van der Waals surface area contributed by atoms with E-state index in [0.29, 0.717) is 6.08 Å². The molecule has 0 saturated carbocycles. The van der Waals surface area contributed by atoms with Crippen molar-refractivity contribution in [2.45, 2.75) is 96.5 Å². The molecular weight excluding hydrogens is 567 g/mol. The first-order valence-electron chi connectivity index (χ1n) is 11.0. The van der Waals surface area contributed by atoms with Crippen molar-refractivity contribution in [1.82, 2.24) is 0 Å². The maximum atomic E-state index is 12.6. The summed E-state index contributed by atoms with van der Waals surface area (Å²) in [5, 5.41) is 0. The summed E-state index contributed by atoms with van der Waals surface area (Å²) in [4.78, 5) is 24.1. The Bertz CT molecular complexity index is 729. The lowest BCUT2D eigenvalue weighted by Crippen LogP contribution is -2.67. The number of alkyl halides is 6. The molecule has 0 saturated heterocycles. The fourth-order valence-electron chi connectivity index (χ4n) is 2.74. The smallest absolute Gasteiger partial charge is 0.455 e. The fraction of sp³-hybridized carbons (Fsp3) is 0.789. The predicted octanol–water partition coefficient (Wildman–Crippen LogP) is 5.93. The fourth-order valence-corrected chi connectivity index (χ4v) is 16.9. The van der Waals surface area contributed by atoms with Gasteiger partial charge in [0.1, 0.15) is 0 Å². The van der Waals surface area contributed by atoms with Gasteiger partial charge in [-0.05, 0) is 65.3 Å². The average Bonchev–Trinajstić information content (AvgIpc) is 2.55. The highest BCUT2D eigenvalue weighted by Gasteiger charge is 2.60. The molecule has 0 bridgehead atoms. The number of carbonyl (C=O) groups is 2. The molecule has 1 atom stereocenters. The van der Waals surface area contributed by atoms with E-state index in [1.165, 1.54) is 0 Å². The zero-order valence-electron chi connectivity index (χ0n) is 22.1. The van der Waals surface area contributed by atoms with Gasteiger partial charge in [-0.1, -0.05) is 6.92 Å². The van der Waals surface area contributed by atoms with E-state index in [4.69, 9.17) is 17.1 Å². The van der Waals surface area contributed by atoms with Crippen LogP contribution in [0.3, 0.4) is 0 Å². The first-order chi connectivity index (χ1) is 15.7.